The molecule has 1 N–H and O–H groups in total. The first kappa shape index (κ1) is 11.7. The molecule has 0 spiro atoms. The van der Waals surface area contributed by atoms with Gasteiger partial charge in [-0.1, -0.05) is 19.1 Å². The second kappa shape index (κ2) is 4.94. The second-order valence-electron chi connectivity index (χ2n) is 4.61. The molecule has 1 heterocycles. The second-order valence-corrected chi connectivity index (χ2v) is 4.61. The van der Waals surface area contributed by atoms with E-state index in [1.165, 1.54) is 6.42 Å². The fourth-order valence-electron chi connectivity index (χ4n) is 2.00. The molecule has 2 nitrogen and oxygen atoms in total. The molecular formula is C12H24N2. The maximum absolute atomic E-state index is 3.56. The molecule has 14 heavy (non-hydrogen) atoms. The summed E-state index contributed by atoms with van der Waals surface area (Å²) in [5, 5.41) is 3.56. The van der Waals surface area contributed by atoms with Crippen molar-refractivity contribution in [3.05, 3.63) is 12.2 Å². The Morgan fingerprint density at radius 1 is 1.57 bits per heavy atom. The highest BCUT2D eigenvalue weighted by Gasteiger charge is 2.33. The van der Waals surface area contributed by atoms with E-state index in [9.17, 15) is 0 Å². The summed E-state index contributed by atoms with van der Waals surface area (Å²) >= 11 is 0. The number of hydrogen-bond acceptors (Lipinski definition) is 2. The van der Waals surface area contributed by atoms with E-state index in [4.69, 9.17) is 0 Å². The van der Waals surface area contributed by atoms with Crippen LogP contribution >= 0.6 is 0 Å². The Bertz CT molecular complexity index is 200. The van der Waals surface area contributed by atoms with Crippen molar-refractivity contribution in [1.82, 2.24) is 10.2 Å². The third kappa shape index (κ3) is 2.58. The summed E-state index contributed by atoms with van der Waals surface area (Å²) in [5.41, 5.74) is 0.339. The van der Waals surface area contributed by atoms with Crippen LogP contribution in [0.4, 0.5) is 0 Å². The Morgan fingerprint density at radius 3 is 2.86 bits per heavy atom. The maximum atomic E-state index is 3.56. The fourth-order valence-corrected chi connectivity index (χ4v) is 2.00. The lowest BCUT2D eigenvalue weighted by Gasteiger charge is -2.47. The Balaban J connectivity index is 2.63. The number of hydrogen-bond donors (Lipinski definition) is 1. The minimum Gasteiger partial charge on any atom is -0.311 e. The predicted molar refractivity (Wildman–Crippen MR) is 62.5 cm³/mol. The molecule has 0 aromatic heterocycles. The zero-order chi connectivity index (χ0) is 10.6. The Labute approximate surface area is 88.4 Å². The van der Waals surface area contributed by atoms with E-state index < -0.39 is 0 Å². The van der Waals surface area contributed by atoms with Gasteiger partial charge in [-0.05, 0) is 27.2 Å². The predicted octanol–water partition coefficient (Wildman–Crippen LogP) is 2.02. The molecule has 0 saturated carbocycles. The van der Waals surface area contributed by atoms with Gasteiger partial charge in [0.15, 0.2) is 0 Å². The number of piperazine rings is 1. The monoisotopic (exact) mass is 196 g/mol. The van der Waals surface area contributed by atoms with Crippen LogP contribution in [0.25, 0.3) is 0 Å². The molecule has 1 aliphatic heterocycles. The summed E-state index contributed by atoms with van der Waals surface area (Å²) in [4.78, 5) is 2.59. The lowest BCUT2D eigenvalue weighted by atomic mass is 9.92. The average molecular weight is 196 g/mol. The van der Waals surface area contributed by atoms with Crippen LogP contribution in [0, 0.1) is 0 Å². The first-order valence-corrected chi connectivity index (χ1v) is 5.72. The molecule has 0 aliphatic carbocycles. The van der Waals surface area contributed by atoms with Gasteiger partial charge < -0.3 is 5.32 Å². The van der Waals surface area contributed by atoms with E-state index >= 15 is 0 Å². The highest BCUT2D eigenvalue weighted by Crippen LogP contribution is 2.22. The lowest BCUT2D eigenvalue weighted by molar-refractivity contribution is 0.0645. The average Bonchev–Trinajstić information content (AvgIpc) is 2.20. The molecular weight excluding hydrogens is 172 g/mol. The Kier molecular flexibility index (Phi) is 4.14. The van der Waals surface area contributed by atoms with Crippen LogP contribution in [-0.4, -0.2) is 36.1 Å². The van der Waals surface area contributed by atoms with Crippen LogP contribution in [0.5, 0.6) is 0 Å². The molecule has 1 fully saturated rings. The summed E-state index contributed by atoms with van der Waals surface area (Å²) in [6.07, 6.45) is 5.61. The Morgan fingerprint density at radius 2 is 2.29 bits per heavy atom. The first-order valence-electron chi connectivity index (χ1n) is 5.72. The molecule has 2 unspecified atom stereocenters. The van der Waals surface area contributed by atoms with Crippen LogP contribution in [0.15, 0.2) is 12.2 Å². The van der Waals surface area contributed by atoms with Gasteiger partial charge in [0.25, 0.3) is 0 Å². The van der Waals surface area contributed by atoms with Gasteiger partial charge in [0.1, 0.15) is 0 Å². The minimum absolute atomic E-state index is 0.339. The molecule has 2 atom stereocenters. The molecule has 2 heteroatoms. The summed E-state index contributed by atoms with van der Waals surface area (Å²) in [5.74, 6) is 0. The normalized spacial score (nSPS) is 35.3. The smallest absolute Gasteiger partial charge is 0.0307 e. The lowest BCUT2D eigenvalue weighted by Crippen LogP contribution is -2.62. The zero-order valence-corrected chi connectivity index (χ0v) is 10.0. The molecule has 1 rings (SSSR count). The van der Waals surface area contributed by atoms with Crippen molar-refractivity contribution in [2.24, 2.45) is 0 Å². The van der Waals surface area contributed by atoms with Crippen LogP contribution in [-0.2, 0) is 0 Å². The molecule has 1 aliphatic rings. The third-order valence-corrected chi connectivity index (χ3v) is 3.41. The molecule has 82 valence electrons. The number of allylic oxidation sites excluding steroid dienone is 1. The molecule has 1 saturated heterocycles. The number of rotatable bonds is 3. The van der Waals surface area contributed by atoms with E-state index in [0.717, 1.165) is 19.6 Å². The van der Waals surface area contributed by atoms with E-state index in [2.05, 4.69) is 50.1 Å². The molecule has 0 amide bonds. The van der Waals surface area contributed by atoms with Gasteiger partial charge in [-0.15, -0.1) is 0 Å². The van der Waals surface area contributed by atoms with Crippen LogP contribution in [0.3, 0.4) is 0 Å². The first-order chi connectivity index (χ1) is 6.62. The minimum atomic E-state index is 0.339. The SMILES string of the molecule is C/C=C/CN1CC(C)NCC1(C)CC. The summed E-state index contributed by atoms with van der Waals surface area (Å²) in [6.45, 7) is 12.4. The number of nitrogens with zero attached hydrogens (tertiary/aromatic N) is 1. The maximum Gasteiger partial charge on any atom is 0.0307 e. The van der Waals surface area contributed by atoms with Gasteiger partial charge in [-0.2, -0.15) is 0 Å². The topological polar surface area (TPSA) is 15.3 Å². The van der Waals surface area contributed by atoms with Crippen LogP contribution in [0.2, 0.25) is 0 Å². The molecule has 0 aromatic rings. The van der Waals surface area contributed by atoms with Crippen molar-refractivity contribution >= 4 is 0 Å². The van der Waals surface area contributed by atoms with Crippen molar-refractivity contribution < 1.29 is 0 Å². The van der Waals surface area contributed by atoms with Crippen LogP contribution < -0.4 is 5.32 Å². The fraction of sp³-hybridized carbons (Fsp3) is 0.833. The summed E-state index contributed by atoms with van der Waals surface area (Å²) in [6, 6.07) is 0.625. The quantitative estimate of drug-likeness (QED) is 0.695. The van der Waals surface area contributed by atoms with Crippen molar-refractivity contribution in [3.63, 3.8) is 0 Å². The standard InChI is InChI=1S/C12H24N2/c1-5-7-8-14-9-11(3)13-10-12(14,4)6-2/h5,7,11,13H,6,8-10H2,1-4H3/b7-5+. The largest absolute Gasteiger partial charge is 0.311 e. The molecule has 0 radical (unpaired) electrons. The van der Waals surface area contributed by atoms with E-state index in [1.54, 1.807) is 0 Å². The zero-order valence-electron chi connectivity index (χ0n) is 10.0. The van der Waals surface area contributed by atoms with Gasteiger partial charge >= 0.3 is 0 Å². The molecule has 0 aromatic carbocycles. The van der Waals surface area contributed by atoms with Crippen molar-refractivity contribution in [1.29, 1.82) is 0 Å². The third-order valence-electron chi connectivity index (χ3n) is 3.41. The van der Waals surface area contributed by atoms with Gasteiger partial charge in [0.05, 0.1) is 0 Å². The van der Waals surface area contributed by atoms with E-state index in [-0.39, 0.29) is 0 Å². The highest BCUT2D eigenvalue weighted by atomic mass is 15.3. The van der Waals surface area contributed by atoms with Gasteiger partial charge in [0.2, 0.25) is 0 Å². The van der Waals surface area contributed by atoms with Gasteiger partial charge in [0, 0.05) is 31.2 Å². The number of nitrogens with one attached hydrogen (secondary N) is 1. The van der Waals surface area contributed by atoms with Crippen molar-refractivity contribution in [2.75, 3.05) is 19.6 Å². The van der Waals surface area contributed by atoms with Gasteiger partial charge in [-0.25, -0.2) is 0 Å². The van der Waals surface area contributed by atoms with Crippen molar-refractivity contribution in [3.8, 4) is 0 Å². The van der Waals surface area contributed by atoms with E-state index in [0.29, 0.717) is 11.6 Å². The van der Waals surface area contributed by atoms with Gasteiger partial charge in [-0.3, -0.25) is 4.90 Å². The Hall–Kier alpha value is -0.340. The van der Waals surface area contributed by atoms with E-state index in [1.807, 2.05) is 0 Å². The summed E-state index contributed by atoms with van der Waals surface area (Å²) in [7, 11) is 0. The van der Waals surface area contributed by atoms with Crippen LogP contribution in [0.1, 0.15) is 34.1 Å². The molecule has 0 bridgehead atoms. The summed E-state index contributed by atoms with van der Waals surface area (Å²) < 4.78 is 0. The van der Waals surface area contributed by atoms with Crippen molar-refractivity contribution in [2.45, 2.75) is 45.7 Å². The highest BCUT2D eigenvalue weighted by molar-refractivity contribution is 4.97.